The van der Waals surface area contributed by atoms with Crippen LogP contribution in [0.4, 0.5) is 5.95 Å². The lowest BCUT2D eigenvalue weighted by molar-refractivity contribution is 0.0790. The molecule has 0 aliphatic carbocycles. The highest BCUT2D eigenvalue weighted by Gasteiger charge is 2.28. The van der Waals surface area contributed by atoms with Gasteiger partial charge >= 0.3 is 0 Å². The number of ether oxygens (including phenoxy) is 1. The van der Waals surface area contributed by atoms with Crippen LogP contribution in [0.3, 0.4) is 0 Å². The molecule has 0 aromatic carbocycles. The van der Waals surface area contributed by atoms with Gasteiger partial charge in [-0.25, -0.2) is 22.7 Å². The molecular formula is C23H39IN4O3S. The third kappa shape index (κ3) is 7.77. The molecule has 0 amide bonds. The van der Waals surface area contributed by atoms with Gasteiger partial charge in [0.2, 0.25) is 16.0 Å². The Labute approximate surface area is 207 Å². The summed E-state index contributed by atoms with van der Waals surface area (Å²) < 4.78 is 32.6. The highest BCUT2D eigenvalue weighted by molar-refractivity contribution is 14.1. The molecule has 0 N–H and O–H groups in total. The Hall–Kier alpha value is -0.520. The zero-order chi connectivity index (χ0) is 23.0. The van der Waals surface area contributed by atoms with Crippen molar-refractivity contribution in [2.75, 3.05) is 50.0 Å². The van der Waals surface area contributed by atoms with Crippen molar-refractivity contribution in [3.8, 4) is 0 Å². The summed E-state index contributed by atoms with van der Waals surface area (Å²) in [5.41, 5.74) is 1.18. The maximum absolute atomic E-state index is 12.2. The van der Waals surface area contributed by atoms with E-state index in [0.717, 1.165) is 57.4 Å². The molecule has 1 aromatic heterocycles. The van der Waals surface area contributed by atoms with Gasteiger partial charge in [0.05, 0.1) is 12.4 Å². The predicted molar refractivity (Wildman–Crippen MR) is 138 cm³/mol. The molecule has 32 heavy (non-hydrogen) atoms. The van der Waals surface area contributed by atoms with Crippen LogP contribution in [0.25, 0.3) is 0 Å². The first kappa shape index (κ1) is 26.1. The molecule has 182 valence electrons. The Balaban J connectivity index is 1.29. The average molecular weight is 579 g/mol. The van der Waals surface area contributed by atoms with Gasteiger partial charge < -0.3 is 9.64 Å². The molecule has 3 heterocycles. The standard InChI is InChI=1S/C23H39IN4O3S/c1-3-13-32(29,30)28-11-7-21(8-12-28)17-31-18-22(24)14-20-5-9-27(10-6-20)23-25-15-19(4-2)16-26-23/h15-16,20-22H,3-14,17-18H2,1-2H3/t22-/m1/s1. The van der Waals surface area contributed by atoms with E-state index in [1.165, 1.54) is 24.8 Å². The van der Waals surface area contributed by atoms with Crippen LogP contribution in [0.1, 0.15) is 57.9 Å². The fraction of sp³-hybridized carbons (Fsp3) is 0.826. The summed E-state index contributed by atoms with van der Waals surface area (Å²) >= 11 is 2.53. The molecule has 0 saturated carbocycles. The number of piperidine rings is 2. The molecule has 2 aliphatic rings. The van der Waals surface area contributed by atoms with Gasteiger partial charge in [0.25, 0.3) is 0 Å². The third-order valence-electron chi connectivity index (χ3n) is 6.67. The highest BCUT2D eigenvalue weighted by Crippen LogP contribution is 2.27. The molecule has 2 saturated heterocycles. The number of rotatable bonds is 11. The largest absolute Gasteiger partial charge is 0.380 e. The molecule has 7 nitrogen and oxygen atoms in total. The maximum atomic E-state index is 12.2. The minimum Gasteiger partial charge on any atom is -0.380 e. The van der Waals surface area contributed by atoms with Gasteiger partial charge in [-0.2, -0.15) is 0 Å². The fourth-order valence-electron chi connectivity index (χ4n) is 4.60. The quantitative estimate of drug-likeness (QED) is 0.293. The number of hydrogen-bond acceptors (Lipinski definition) is 6. The number of nitrogens with zero attached hydrogens (tertiary/aromatic N) is 4. The van der Waals surface area contributed by atoms with E-state index in [-0.39, 0.29) is 5.75 Å². The monoisotopic (exact) mass is 578 g/mol. The minimum atomic E-state index is -3.05. The first-order valence-electron chi connectivity index (χ1n) is 12.2. The Morgan fingerprint density at radius 2 is 1.69 bits per heavy atom. The number of aryl methyl sites for hydroxylation is 1. The second-order valence-electron chi connectivity index (χ2n) is 9.20. The van der Waals surface area contributed by atoms with Crippen LogP contribution in [0.2, 0.25) is 0 Å². The van der Waals surface area contributed by atoms with Gasteiger partial charge in [-0.1, -0.05) is 36.4 Å². The van der Waals surface area contributed by atoms with Crippen molar-refractivity contribution in [2.24, 2.45) is 11.8 Å². The number of alkyl halides is 1. The Bertz CT molecular complexity index is 777. The van der Waals surface area contributed by atoms with E-state index >= 15 is 0 Å². The first-order chi connectivity index (χ1) is 15.4. The van der Waals surface area contributed by atoms with E-state index in [1.807, 2.05) is 19.3 Å². The average Bonchev–Trinajstić information content (AvgIpc) is 2.80. The van der Waals surface area contributed by atoms with E-state index in [0.29, 0.717) is 29.4 Å². The summed E-state index contributed by atoms with van der Waals surface area (Å²) in [6.07, 6.45) is 10.9. The highest BCUT2D eigenvalue weighted by atomic mass is 127. The number of aromatic nitrogens is 2. The maximum Gasteiger partial charge on any atom is 0.225 e. The Kier molecular flexibility index (Phi) is 10.4. The van der Waals surface area contributed by atoms with Crippen molar-refractivity contribution in [1.82, 2.24) is 14.3 Å². The first-order valence-corrected chi connectivity index (χ1v) is 15.0. The summed E-state index contributed by atoms with van der Waals surface area (Å²) in [6.45, 7) is 8.93. The summed E-state index contributed by atoms with van der Waals surface area (Å²) in [5, 5.41) is 0. The van der Waals surface area contributed by atoms with E-state index in [4.69, 9.17) is 4.74 Å². The lowest BCUT2D eigenvalue weighted by Crippen LogP contribution is -2.40. The fourth-order valence-corrected chi connectivity index (χ4v) is 7.11. The van der Waals surface area contributed by atoms with Gasteiger partial charge in [-0.05, 0) is 62.3 Å². The molecule has 2 aliphatic heterocycles. The third-order valence-corrected chi connectivity index (χ3v) is 9.61. The van der Waals surface area contributed by atoms with Crippen molar-refractivity contribution in [2.45, 2.75) is 62.7 Å². The van der Waals surface area contributed by atoms with Crippen LogP contribution in [-0.2, 0) is 21.2 Å². The number of halogens is 1. The second-order valence-corrected chi connectivity index (χ2v) is 13.1. The number of anilines is 1. The summed E-state index contributed by atoms with van der Waals surface area (Å²) in [7, 11) is -3.05. The van der Waals surface area contributed by atoms with Gasteiger partial charge in [-0.3, -0.25) is 0 Å². The van der Waals surface area contributed by atoms with Gasteiger partial charge in [0.1, 0.15) is 0 Å². The SMILES string of the molecule is CCCS(=O)(=O)N1CCC(COC[C@H](I)CC2CCN(c3ncc(CC)cn3)CC2)CC1. The molecule has 9 heteroatoms. The van der Waals surface area contributed by atoms with E-state index in [2.05, 4.69) is 44.4 Å². The zero-order valence-electron chi connectivity index (χ0n) is 19.6. The summed E-state index contributed by atoms with van der Waals surface area (Å²) in [5.74, 6) is 2.35. The number of hydrogen-bond donors (Lipinski definition) is 0. The minimum absolute atomic E-state index is 0.266. The Morgan fingerprint density at radius 3 is 2.28 bits per heavy atom. The molecule has 0 spiro atoms. The van der Waals surface area contributed by atoms with Crippen LogP contribution in [0.5, 0.6) is 0 Å². The van der Waals surface area contributed by atoms with Gasteiger partial charge in [-0.15, -0.1) is 0 Å². The predicted octanol–water partition coefficient (Wildman–Crippen LogP) is 3.92. The van der Waals surface area contributed by atoms with Crippen LogP contribution in [-0.4, -0.2) is 71.8 Å². The molecular weight excluding hydrogens is 539 g/mol. The van der Waals surface area contributed by atoms with Crippen LogP contribution >= 0.6 is 22.6 Å². The van der Waals surface area contributed by atoms with Gasteiger partial charge in [0, 0.05) is 49.1 Å². The van der Waals surface area contributed by atoms with Crippen LogP contribution in [0, 0.1) is 11.8 Å². The lowest BCUT2D eigenvalue weighted by atomic mass is 9.92. The van der Waals surface area contributed by atoms with Gasteiger partial charge in [0.15, 0.2) is 0 Å². The summed E-state index contributed by atoms with van der Waals surface area (Å²) in [6, 6.07) is 0. The Morgan fingerprint density at radius 1 is 1.06 bits per heavy atom. The zero-order valence-corrected chi connectivity index (χ0v) is 22.6. The van der Waals surface area contributed by atoms with E-state index in [9.17, 15) is 8.42 Å². The molecule has 1 aromatic rings. The van der Waals surface area contributed by atoms with Crippen molar-refractivity contribution < 1.29 is 13.2 Å². The molecule has 2 fully saturated rings. The van der Waals surface area contributed by atoms with Crippen LogP contribution < -0.4 is 4.90 Å². The van der Waals surface area contributed by atoms with E-state index < -0.39 is 10.0 Å². The van der Waals surface area contributed by atoms with Crippen molar-refractivity contribution in [3.05, 3.63) is 18.0 Å². The number of sulfonamides is 1. The summed E-state index contributed by atoms with van der Waals surface area (Å²) in [4.78, 5) is 11.4. The molecule has 0 radical (unpaired) electrons. The molecule has 0 unspecified atom stereocenters. The molecule has 1 atom stereocenters. The van der Waals surface area contributed by atoms with E-state index in [1.54, 1.807) is 4.31 Å². The van der Waals surface area contributed by atoms with Crippen molar-refractivity contribution in [1.29, 1.82) is 0 Å². The molecule has 0 bridgehead atoms. The van der Waals surface area contributed by atoms with Crippen molar-refractivity contribution >= 4 is 38.6 Å². The second kappa shape index (κ2) is 12.8. The topological polar surface area (TPSA) is 75.6 Å². The smallest absolute Gasteiger partial charge is 0.225 e. The molecule has 3 rings (SSSR count). The lowest BCUT2D eigenvalue weighted by Gasteiger charge is -2.33. The normalized spacial score (nSPS) is 20.5. The van der Waals surface area contributed by atoms with Crippen molar-refractivity contribution in [3.63, 3.8) is 0 Å². The van der Waals surface area contributed by atoms with Crippen LogP contribution in [0.15, 0.2) is 12.4 Å².